The van der Waals surface area contributed by atoms with Crippen LogP contribution in [0.3, 0.4) is 0 Å². The largest absolute Gasteiger partial charge is 0.497 e. The normalized spacial score (nSPS) is 10.3. The second-order valence-corrected chi connectivity index (χ2v) is 4.87. The quantitative estimate of drug-likeness (QED) is 0.513. The Morgan fingerprint density at radius 3 is 2.30 bits per heavy atom. The Labute approximate surface area is 138 Å². The van der Waals surface area contributed by atoms with Crippen LogP contribution in [0.4, 0.5) is 5.69 Å². The highest BCUT2D eigenvalue weighted by atomic mass is 35.5. The fourth-order valence-electron chi connectivity index (χ4n) is 1.63. The van der Waals surface area contributed by atoms with Gasteiger partial charge in [-0.2, -0.15) is 5.10 Å². The summed E-state index contributed by atoms with van der Waals surface area (Å²) in [6.07, 6.45) is 1.41. The molecule has 2 aromatic rings. The van der Waals surface area contributed by atoms with Gasteiger partial charge in [0.25, 0.3) is 0 Å². The molecule has 2 N–H and O–H groups in total. The molecule has 6 nitrogen and oxygen atoms in total. The van der Waals surface area contributed by atoms with Gasteiger partial charge in [0.2, 0.25) is 0 Å². The van der Waals surface area contributed by atoms with Gasteiger partial charge in [-0.15, -0.1) is 0 Å². The summed E-state index contributed by atoms with van der Waals surface area (Å²) in [7, 11) is 1.54. The van der Waals surface area contributed by atoms with Crippen LogP contribution in [0.5, 0.6) is 5.75 Å². The lowest BCUT2D eigenvalue weighted by molar-refractivity contribution is -0.136. The summed E-state index contributed by atoms with van der Waals surface area (Å²) in [6.45, 7) is 0. The molecular formula is C16H14ClN3O3. The fraction of sp³-hybridized carbons (Fsp3) is 0.0625. The molecule has 2 rings (SSSR count). The number of rotatable bonds is 4. The summed E-state index contributed by atoms with van der Waals surface area (Å²) < 4.78 is 5.00. The molecule has 0 aromatic heterocycles. The summed E-state index contributed by atoms with van der Waals surface area (Å²) in [4.78, 5) is 23.3. The number of benzene rings is 2. The molecule has 0 spiro atoms. The third-order valence-corrected chi connectivity index (χ3v) is 3.06. The lowest BCUT2D eigenvalue weighted by atomic mass is 10.2. The van der Waals surface area contributed by atoms with E-state index < -0.39 is 11.8 Å². The summed E-state index contributed by atoms with van der Waals surface area (Å²) in [5.74, 6) is -1.03. The van der Waals surface area contributed by atoms with E-state index in [1.807, 2.05) is 0 Å². The van der Waals surface area contributed by atoms with Gasteiger partial charge in [0.05, 0.1) is 13.3 Å². The van der Waals surface area contributed by atoms with E-state index in [-0.39, 0.29) is 0 Å². The van der Waals surface area contributed by atoms with Gasteiger partial charge in [-0.05, 0) is 42.0 Å². The Bertz CT molecular complexity index is 712. The van der Waals surface area contributed by atoms with E-state index in [2.05, 4.69) is 15.8 Å². The zero-order valence-electron chi connectivity index (χ0n) is 12.2. The Kier molecular flexibility index (Phi) is 5.71. The minimum absolute atomic E-state index is 0.479. The fourth-order valence-corrected chi connectivity index (χ4v) is 1.75. The molecular weight excluding hydrogens is 318 g/mol. The highest BCUT2D eigenvalue weighted by molar-refractivity contribution is 6.39. The van der Waals surface area contributed by atoms with Crippen LogP contribution in [0.15, 0.2) is 53.6 Å². The lowest BCUT2D eigenvalue weighted by Crippen LogP contribution is -2.32. The van der Waals surface area contributed by atoms with Gasteiger partial charge in [0, 0.05) is 10.7 Å². The third kappa shape index (κ3) is 5.12. The van der Waals surface area contributed by atoms with Crippen molar-refractivity contribution in [2.45, 2.75) is 0 Å². The topological polar surface area (TPSA) is 79.8 Å². The van der Waals surface area contributed by atoms with E-state index in [9.17, 15) is 9.59 Å². The van der Waals surface area contributed by atoms with Crippen molar-refractivity contribution < 1.29 is 14.3 Å². The maximum absolute atomic E-state index is 11.7. The average Bonchev–Trinajstić information content (AvgIpc) is 2.57. The van der Waals surface area contributed by atoms with Crippen LogP contribution in [0.25, 0.3) is 0 Å². The molecule has 0 saturated carbocycles. The SMILES string of the molecule is COc1ccc(NC(=O)C(=O)NN=Cc2ccc(Cl)cc2)cc1. The summed E-state index contributed by atoms with van der Waals surface area (Å²) in [5, 5.41) is 6.77. The van der Waals surface area contributed by atoms with Crippen LogP contribution in [0, 0.1) is 0 Å². The van der Waals surface area contributed by atoms with E-state index in [1.165, 1.54) is 6.21 Å². The Balaban J connectivity index is 1.86. The third-order valence-electron chi connectivity index (χ3n) is 2.80. The first-order valence-corrected chi connectivity index (χ1v) is 7.00. The molecule has 2 aromatic carbocycles. The molecule has 7 heteroatoms. The Morgan fingerprint density at radius 2 is 1.70 bits per heavy atom. The van der Waals surface area contributed by atoms with Gasteiger partial charge in [-0.25, -0.2) is 5.43 Å². The van der Waals surface area contributed by atoms with Gasteiger partial charge in [0.1, 0.15) is 5.75 Å². The Hall–Kier alpha value is -2.86. The number of methoxy groups -OCH3 is 1. The van der Waals surface area contributed by atoms with E-state index >= 15 is 0 Å². The van der Waals surface area contributed by atoms with Crippen LogP contribution in [-0.4, -0.2) is 25.1 Å². The minimum atomic E-state index is -0.869. The number of hydrazone groups is 1. The molecule has 0 fully saturated rings. The van der Waals surface area contributed by atoms with Crippen molar-refractivity contribution in [3.8, 4) is 5.75 Å². The zero-order chi connectivity index (χ0) is 16.7. The standard InChI is InChI=1S/C16H14ClN3O3/c1-23-14-8-6-13(7-9-14)19-15(21)16(22)20-18-10-11-2-4-12(17)5-3-11/h2-10H,1H3,(H,19,21)(H,20,22). The van der Waals surface area contributed by atoms with Crippen LogP contribution in [0.1, 0.15) is 5.56 Å². The molecule has 0 bridgehead atoms. The monoisotopic (exact) mass is 331 g/mol. The van der Waals surface area contributed by atoms with Gasteiger partial charge in [-0.1, -0.05) is 23.7 Å². The van der Waals surface area contributed by atoms with E-state index in [0.29, 0.717) is 16.5 Å². The van der Waals surface area contributed by atoms with Gasteiger partial charge < -0.3 is 10.1 Å². The number of nitrogens with zero attached hydrogens (tertiary/aromatic N) is 1. The molecule has 0 unspecified atom stereocenters. The molecule has 0 aliphatic heterocycles. The highest BCUT2D eigenvalue weighted by Crippen LogP contribution is 2.14. The predicted molar refractivity (Wildman–Crippen MR) is 88.8 cm³/mol. The molecule has 0 aliphatic carbocycles. The van der Waals surface area contributed by atoms with E-state index in [0.717, 1.165) is 5.56 Å². The van der Waals surface area contributed by atoms with Crippen molar-refractivity contribution in [3.05, 3.63) is 59.1 Å². The smallest absolute Gasteiger partial charge is 0.329 e. The average molecular weight is 332 g/mol. The predicted octanol–water partition coefficient (Wildman–Crippen LogP) is 2.44. The van der Waals surface area contributed by atoms with Crippen molar-refractivity contribution >= 4 is 35.3 Å². The number of hydrogen-bond acceptors (Lipinski definition) is 4. The summed E-state index contributed by atoms with van der Waals surface area (Å²) in [5.41, 5.74) is 3.37. The molecule has 0 saturated heterocycles. The van der Waals surface area contributed by atoms with Crippen molar-refractivity contribution in [2.75, 3.05) is 12.4 Å². The second-order valence-electron chi connectivity index (χ2n) is 4.43. The van der Waals surface area contributed by atoms with Crippen molar-refractivity contribution in [3.63, 3.8) is 0 Å². The van der Waals surface area contributed by atoms with Gasteiger partial charge in [0.15, 0.2) is 0 Å². The number of anilines is 1. The summed E-state index contributed by atoms with van der Waals surface area (Å²) >= 11 is 5.76. The molecule has 0 atom stereocenters. The first-order valence-electron chi connectivity index (χ1n) is 6.62. The number of amides is 2. The molecule has 0 radical (unpaired) electrons. The van der Waals surface area contributed by atoms with Crippen LogP contribution < -0.4 is 15.5 Å². The molecule has 0 heterocycles. The van der Waals surface area contributed by atoms with Crippen LogP contribution >= 0.6 is 11.6 Å². The van der Waals surface area contributed by atoms with Gasteiger partial charge in [-0.3, -0.25) is 9.59 Å². The van der Waals surface area contributed by atoms with Gasteiger partial charge >= 0.3 is 11.8 Å². The number of carbonyl (C=O) groups is 2. The van der Waals surface area contributed by atoms with E-state index in [1.54, 1.807) is 55.6 Å². The number of halogens is 1. The number of carbonyl (C=O) groups excluding carboxylic acids is 2. The zero-order valence-corrected chi connectivity index (χ0v) is 13.0. The minimum Gasteiger partial charge on any atom is -0.497 e. The lowest BCUT2D eigenvalue weighted by Gasteiger charge is -2.05. The number of hydrogen-bond donors (Lipinski definition) is 2. The van der Waals surface area contributed by atoms with Crippen molar-refractivity contribution in [1.82, 2.24) is 5.43 Å². The summed E-state index contributed by atoms with van der Waals surface area (Å²) in [6, 6.07) is 13.5. The first kappa shape index (κ1) is 16.5. The molecule has 118 valence electrons. The maximum atomic E-state index is 11.7. The highest BCUT2D eigenvalue weighted by Gasteiger charge is 2.12. The maximum Gasteiger partial charge on any atom is 0.329 e. The molecule has 2 amide bonds. The second kappa shape index (κ2) is 7.95. The Morgan fingerprint density at radius 1 is 1.04 bits per heavy atom. The van der Waals surface area contributed by atoms with Crippen LogP contribution in [-0.2, 0) is 9.59 Å². The molecule has 23 heavy (non-hydrogen) atoms. The molecule has 0 aliphatic rings. The first-order chi connectivity index (χ1) is 11.1. The van der Waals surface area contributed by atoms with Crippen molar-refractivity contribution in [1.29, 1.82) is 0 Å². The van der Waals surface area contributed by atoms with E-state index in [4.69, 9.17) is 16.3 Å². The number of ether oxygens (including phenoxy) is 1. The number of nitrogens with one attached hydrogen (secondary N) is 2. The van der Waals surface area contributed by atoms with Crippen molar-refractivity contribution in [2.24, 2.45) is 5.10 Å². The van der Waals surface area contributed by atoms with Crippen LogP contribution in [0.2, 0.25) is 5.02 Å².